The van der Waals surface area contributed by atoms with E-state index in [1.165, 1.54) is 0 Å². The molecule has 0 radical (unpaired) electrons. The van der Waals surface area contributed by atoms with Crippen molar-refractivity contribution in [1.29, 1.82) is 0 Å². The van der Waals surface area contributed by atoms with Crippen LogP contribution in [-0.2, 0) is 17.9 Å². The van der Waals surface area contributed by atoms with E-state index in [1.807, 2.05) is 48.5 Å². The average molecular weight is 437 g/mol. The van der Waals surface area contributed by atoms with Gasteiger partial charge in [0.25, 0.3) is 0 Å². The summed E-state index contributed by atoms with van der Waals surface area (Å²) >= 11 is 0. The van der Waals surface area contributed by atoms with Crippen LogP contribution in [-0.4, -0.2) is 32.7 Å². The Morgan fingerprint density at radius 1 is 0.844 bits per heavy atom. The quantitative estimate of drug-likeness (QED) is 0.461. The summed E-state index contributed by atoms with van der Waals surface area (Å²) in [4.78, 5) is 0. The molecule has 1 heterocycles. The Morgan fingerprint density at radius 2 is 1.56 bits per heavy atom. The van der Waals surface area contributed by atoms with Crippen molar-refractivity contribution >= 4 is 0 Å². The number of nitrogens with one attached hydrogen (secondary N) is 1. The molecule has 32 heavy (non-hydrogen) atoms. The smallest absolute Gasteiger partial charge is 0.161 e. The Hall–Kier alpha value is -3.42. The van der Waals surface area contributed by atoms with E-state index in [1.54, 1.807) is 33.5 Å². The molecule has 2 N–H and O–H groups in total. The number of benzene rings is 3. The zero-order chi connectivity index (χ0) is 22.5. The second-order valence-corrected chi connectivity index (χ2v) is 7.38. The summed E-state index contributed by atoms with van der Waals surface area (Å²) in [5, 5.41) is 13.7. The topological polar surface area (TPSA) is 81.7 Å². The van der Waals surface area contributed by atoms with Crippen LogP contribution >= 0.6 is 0 Å². The van der Waals surface area contributed by atoms with Gasteiger partial charge in [-0.3, -0.25) is 5.32 Å². The van der Waals surface area contributed by atoms with Crippen molar-refractivity contribution < 1.29 is 28.8 Å². The SMILES string of the molecule is COc1cc(OC)c(C2OC2NCc2ccc(OCc3ccccc3)c(O)c2)c(OC)c1. The lowest BCUT2D eigenvalue weighted by molar-refractivity contribution is 0.288. The molecule has 0 saturated carbocycles. The molecule has 1 saturated heterocycles. The molecular formula is C25H27NO6. The molecule has 2 atom stereocenters. The van der Waals surface area contributed by atoms with Crippen LogP contribution in [0.5, 0.6) is 28.7 Å². The Balaban J connectivity index is 1.36. The van der Waals surface area contributed by atoms with Crippen molar-refractivity contribution in [3.8, 4) is 28.7 Å². The van der Waals surface area contributed by atoms with Crippen LogP contribution in [0.1, 0.15) is 22.8 Å². The molecule has 1 fully saturated rings. The van der Waals surface area contributed by atoms with Gasteiger partial charge in [-0.15, -0.1) is 0 Å². The lowest BCUT2D eigenvalue weighted by Crippen LogP contribution is -2.17. The molecule has 0 amide bonds. The fraction of sp³-hybridized carbons (Fsp3) is 0.280. The molecule has 3 aromatic rings. The number of aromatic hydroxyl groups is 1. The lowest BCUT2D eigenvalue weighted by atomic mass is 10.1. The molecule has 3 aromatic carbocycles. The minimum absolute atomic E-state index is 0.104. The summed E-state index contributed by atoms with van der Waals surface area (Å²) in [6.45, 7) is 0.920. The van der Waals surface area contributed by atoms with Crippen molar-refractivity contribution in [3.63, 3.8) is 0 Å². The maximum absolute atomic E-state index is 10.3. The Labute approximate surface area is 187 Å². The van der Waals surface area contributed by atoms with Crippen LogP contribution in [0.2, 0.25) is 0 Å². The van der Waals surface area contributed by atoms with Gasteiger partial charge in [-0.05, 0) is 23.3 Å². The van der Waals surface area contributed by atoms with Gasteiger partial charge in [-0.25, -0.2) is 0 Å². The third-order valence-electron chi connectivity index (χ3n) is 5.30. The number of phenolic OH excluding ortho intramolecular Hbond substituents is 1. The maximum atomic E-state index is 10.3. The van der Waals surface area contributed by atoms with Gasteiger partial charge in [0.2, 0.25) is 0 Å². The molecule has 7 nitrogen and oxygen atoms in total. The molecule has 0 aromatic heterocycles. The number of hydrogen-bond acceptors (Lipinski definition) is 7. The summed E-state index contributed by atoms with van der Waals surface area (Å²) in [6, 6.07) is 18.8. The van der Waals surface area contributed by atoms with Gasteiger partial charge in [0.05, 0.1) is 26.9 Å². The van der Waals surface area contributed by atoms with Crippen LogP contribution in [0.4, 0.5) is 0 Å². The lowest BCUT2D eigenvalue weighted by Gasteiger charge is -2.13. The van der Waals surface area contributed by atoms with E-state index >= 15 is 0 Å². The molecule has 1 aliphatic heterocycles. The van der Waals surface area contributed by atoms with Gasteiger partial charge in [0, 0.05) is 18.7 Å². The van der Waals surface area contributed by atoms with Crippen LogP contribution in [0.15, 0.2) is 60.7 Å². The number of rotatable bonds is 10. The normalized spacial score (nSPS) is 17.0. The summed E-state index contributed by atoms with van der Waals surface area (Å²) < 4.78 is 27.9. The molecule has 168 valence electrons. The van der Waals surface area contributed by atoms with Crippen molar-refractivity contribution in [1.82, 2.24) is 5.32 Å². The van der Waals surface area contributed by atoms with Crippen LogP contribution in [0.25, 0.3) is 0 Å². The zero-order valence-electron chi connectivity index (χ0n) is 18.3. The first-order chi connectivity index (χ1) is 15.6. The number of ether oxygens (including phenoxy) is 5. The molecule has 0 spiro atoms. The number of phenols is 1. The van der Waals surface area contributed by atoms with E-state index in [-0.39, 0.29) is 18.1 Å². The monoisotopic (exact) mass is 437 g/mol. The fourth-order valence-electron chi connectivity index (χ4n) is 3.55. The van der Waals surface area contributed by atoms with Gasteiger partial charge in [-0.1, -0.05) is 36.4 Å². The highest BCUT2D eigenvalue weighted by atomic mass is 16.6. The Kier molecular flexibility index (Phi) is 6.68. The Bertz CT molecular complexity index is 1030. The second-order valence-electron chi connectivity index (χ2n) is 7.38. The first kappa shape index (κ1) is 21.8. The van der Waals surface area contributed by atoms with E-state index in [4.69, 9.17) is 23.7 Å². The van der Waals surface area contributed by atoms with Crippen molar-refractivity contribution in [3.05, 3.63) is 77.4 Å². The van der Waals surface area contributed by atoms with Gasteiger partial charge < -0.3 is 28.8 Å². The predicted molar refractivity (Wildman–Crippen MR) is 119 cm³/mol. The maximum Gasteiger partial charge on any atom is 0.161 e. The van der Waals surface area contributed by atoms with E-state index in [0.717, 1.165) is 16.7 Å². The van der Waals surface area contributed by atoms with Gasteiger partial charge in [0.1, 0.15) is 36.2 Å². The van der Waals surface area contributed by atoms with Gasteiger partial charge in [0.15, 0.2) is 11.5 Å². The van der Waals surface area contributed by atoms with Crippen molar-refractivity contribution in [2.45, 2.75) is 25.5 Å². The third kappa shape index (κ3) is 4.90. The largest absolute Gasteiger partial charge is 0.504 e. The van der Waals surface area contributed by atoms with Crippen molar-refractivity contribution in [2.75, 3.05) is 21.3 Å². The molecular weight excluding hydrogens is 410 g/mol. The van der Waals surface area contributed by atoms with E-state index < -0.39 is 0 Å². The summed E-state index contributed by atoms with van der Waals surface area (Å²) in [7, 11) is 4.80. The highest BCUT2D eigenvalue weighted by Crippen LogP contribution is 2.48. The van der Waals surface area contributed by atoms with Crippen LogP contribution in [0.3, 0.4) is 0 Å². The number of hydrogen-bond donors (Lipinski definition) is 2. The minimum Gasteiger partial charge on any atom is -0.504 e. The van der Waals surface area contributed by atoms with E-state index in [0.29, 0.717) is 36.1 Å². The Morgan fingerprint density at radius 3 is 2.19 bits per heavy atom. The molecule has 1 aliphatic rings. The highest BCUT2D eigenvalue weighted by Gasteiger charge is 2.44. The molecule has 0 aliphatic carbocycles. The summed E-state index contributed by atoms with van der Waals surface area (Å²) in [5.41, 5.74) is 2.79. The number of epoxide rings is 1. The minimum atomic E-state index is -0.201. The molecule has 0 bridgehead atoms. The van der Waals surface area contributed by atoms with Gasteiger partial charge >= 0.3 is 0 Å². The predicted octanol–water partition coefficient (Wildman–Crippen LogP) is 4.18. The zero-order valence-corrected chi connectivity index (χ0v) is 18.3. The third-order valence-corrected chi connectivity index (χ3v) is 5.30. The molecule has 7 heteroatoms. The van der Waals surface area contributed by atoms with E-state index in [9.17, 15) is 5.11 Å². The number of methoxy groups -OCH3 is 3. The highest BCUT2D eigenvalue weighted by molar-refractivity contribution is 5.53. The fourth-order valence-corrected chi connectivity index (χ4v) is 3.55. The van der Waals surface area contributed by atoms with Crippen molar-refractivity contribution in [2.24, 2.45) is 0 Å². The van der Waals surface area contributed by atoms with Gasteiger partial charge in [-0.2, -0.15) is 0 Å². The second kappa shape index (κ2) is 9.80. The van der Waals surface area contributed by atoms with E-state index in [2.05, 4.69) is 5.32 Å². The summed E-state index contributed by atoms with van der Waals surface area (Å²) in [6.07, 6.45) is -0.393. The molecule has 4 rings (SSSR count). The average Bonchev–Trinajstić information content (AvgIpc) is 3.61. The molecule has 2 unspecified atom stereocenters. The standard InChI is InChI=1S/C25H27NO6/c1-28-18-12-21(29-2)23(22(13-18)30-3)24-25(32-24)26-14-17-9-10-20(19(27)11-17)31-15-16-7-5-4-6-8-16/h4-13,24-27H,14-15H2,1-3H3. The van der Waals surface area contributed by atoms with Crippen LogP contribution < -0.4 is 24.3 Å². The summed E-state index contributed by atoms with van der Waals surface area (Å²) in [5.74, 6) is 2.50. The first-order valence-corrected chi connectivity index (χ1v) is 10.3. The van der Waals surface area contributed by atoms with Crippen LogP contribution in [0, 0.1) is 0 Å². The first-order valence-electron chi connectivity index (χ1n) is 10.3.